The molecule has 3 heteroatoms. The van der Waals surface area contributed by atoms with Gasteiger partial charge in [-0.2, -0.15) is 0 Å². The first kappa shape index (κ1) is 12.3. The number of hydrogen-bond donors (Lipinski definition) is 1. The minimum absolute atomic E-state index is 0.285. The number of nitrogens with one attached hydrogen (secondary N) is 1. The standard InChI is InChI=1S/C12H17ClFN/c1-9(2)5-4-8-15-12-10(13)6-3-7-11(12)14/h3,6-7,9,15H,4-5,8H2,1-2H3. The first-order valence-corrected chi connectivity index (χ1v) is 5.67. The molecule has 15 heavy (non-hydrogen) atoms. The Hall–Kier alpha value is -0.760. The van der Waals surface area contributed by atoms with Crippen molar-refractivity contribution in [1.82, 2.24) is 0 Å². The fourth-order valence-electron chi connectivity index (χ4n) is 1.39. The molecule has 0 unspecified atom stereocenters. The molecule has 0 atom stereocenters. The normalized spacial score (nSPS) is 10.7. The van der Waals surface area contributed by atoms with Gasteiger partial charge in [0, 0.05) is 6.54 Å². The summed E-state index contributed by atoms with van der Waals surface area (Å²) >= 11 is 5.87. The lowest BCUT2D eigenvalue weighted by atomic mass is 10.1. The second-order valence-corrected chi connectivity index (χ2v) is 4.47. The van der Waals surface area contributed by atoms with Gasteiger partial charge < -0.3 is 5.32 Å². The minimum Gasteiger partial charge on any atom is -0.381 e. The molecule has 0 spiro atoms. The van der Waals surface area contributed by atoms with E-state index in [2.05, 4.69) is 19.2 Å². The van der Waals surface area contributed by atoms with Crippen molar-refractivity contribution in [3.8, 4) is 0 Å². The van der Waals surface area contributed by atoms with Crippen LogP contribution in [-0.2, 0) is 0 Å². The summed E-state index contributed by atoms with van der Waals surface area (Å²) in [6.45, 7) is 5.12. The molecule has 1 aromatic carbocycles. The lowest BCUT2D eigenvalue weighted by molar-refractivity contribution is 0.565. The summed E-state index contributed by atoms with van der Waals surface area (Å²) in [6, 6.07) is 4.71. The molecule has 0 aromatic heterocycles. The molecule has 0 aliphatic carbocycles. The summed E-state index contributed by atoms with van der Waals surface area (Å²) in [7, 11) is 0. The van der Waals surface area contributed by atoms with Crippen LogP contribution in [0.2, 0.25) is 5.02 Å². The molecule has 0 aliphatic rings. The fraction of sp³-hybridized carbons (Fsp3) is 0.500. The molecule has 1 rings (SSSR count). The zero-order chi connectivity index (χ0) is 11.3. The molecule has 1 N–H and O–H groups in total. The highest BCUT2D eigenvalue weighted by molar-refractivity contribution is 6.33. The molecular formula is C12H17ClFN. The monoisotopic (exact) mass is 229 g/mol. The molecule has 0 aliphatic heterocycles. The second kappa shape index (κ2) is 5.96. The molecule has 0 saturated carbocycles. The van der Waals surface area contributed by atoms with Crippen LogP contribution < -0.4 is 5.32 Å². The highest BCUT2D eigenvalue weighted by Gasteiger charge is 2.05. The van der Waals surface area contributed by atoms with E-state index in [9.17, 15) is 4.39 Å². The Kier molecular flexibility index (Phi) is 4.89. The predicted octanol–water partition coefficient (Wildman–Crippen LogP) is 4.33. The molecule has 84 valence electrons. The van der Waals surface area contributed by atoms with Gasteiger partial charge >= 0.3 is 0 Å². The molecular weight excluding hydrogens is 213 g/mol. The van der Waals surface area contributed by atoms with Crippen LogP contribution >= 0.6 is 11.6 Å². The van der Waals surface area contributed by atoms with Crippen LogP contribution in [0.1, 0.15) is 26.7 Å². The van der Waals surface area contributed by atoms with E-state index in [0.717, 1.165) is 19.4 Å². The summed E-state index contributed by atoms with van der Waals surface area (Å²) in [5.74, 6) is 0.398. The first-order valence-electron chi connectivity index (χ1n) is 5.29. The van der Waals surface area contributed by atoms with Gasteiger partial charge in [0.15, 0.2) is 0 Å². The number of rotatable bonds is 5. The first-order chi connectivity index (χ1) is 7.11. The lowest BCUT2D eigenvalue weighted by Crippen LogP contribution is -2.05. The van der Waals surface area contributed by atoms with Gasteiger partial charge in [-0.1, -0.05) is 31.5 Å². The van der Waals surface area contributed by atoms with Crippen LogP contribution in [0.15, 0.2) is 18.2 Å². The predicted molar refractivity (Wildman–Crippen MR) is 64.0 cm³/mol. The largest absolute Gasteiger partial charge is 0.381 e. The number of para-hydroxylation sites is 1. The number of hydrogen-bond acceptors (Lipinski definition) is 1. The highest BCUT2D eigenvalue weighted by atomic mass is 35.5. The van der Waals surface area contributed by atoms with Gasteiger partial charge in [-0.25, -0.2) is 4.39 Å². The maximum atomic E-state index is 13.3. The van der Waals surface area contributed by atoms with Gasteiger partial charge in [-0.15, -0.1) is 0 Å². The average molecular weight is 230 g/mol. The van der Waals surface area contributed by atoms with Gasteiger partial charge in [0.05, 0.1) is 10.7 Å². The minimum atomic E-state index is -0.285. The third-order valence-electron chi connectivity index (χ3n) is 2.22. The Morgan fingerprint density at radius 3 is 2.73 bits per heavy atom. The molecule has 0 fully saturated rings. The van der Waals surface area contributed by atoms with Crippen molar-refractivity contribution in [2.75, 3.05) is 11.9 Å². The van der Waals surface area contributed by atoms with Crippen molar-refractivity contribution in [2.24, 2.45) is 5.92 Å². The van der Waals surface area contributed by atoms with Gasteiger partial charge in [0.1, 0.15) is 5.82 Å². The second-order valence-electron chi connectivity index (χ2n) is 4.06. The molecule has 0 heterocycles. The third-order valence-corrected chi connectivity index (χ3v) is 2.54. The number of halogens is 2. The van der Waals surface area contributed by atoms with Crippen LogP contribution in [0.3, 0.4) is 0 Å². The van der Waals surface area contributed by atoms with Crippen LogP contribution in [0, 0.1) is 11.7 Å². The zero-order valence-electron chi connectivity index (χ0n) is 9.19. The molecule has 0 radical (unpaired) electrons. The van der Waals surface area contributed by atoms with Gasteiger partial charge in [0.25, 0.3) is 0 Å². The lowest BCUT2D eigenvalue weighted by Gasteiger charge is -2.10. The Morgan fingerprint density at radius 1 is 1.40 bits per heavy atom. The Labute approximate surface area is 95.6 Å². The van der Waals surface area contributed by atoms with E-state index in [1.54, 1.807) is 12.1 Å². The van der Waals surface area contributed by atoms with Crippen LogP contribution in [-0.4, -0.2) is 6.54 Å². The van der Waals surface area contributed by atoms with E-state index in [0.29, 0.717) is 16.6 Å². The van der Waals surface area contributed by atoms with Gasteiger partial charge in [0.2, 0.25) is 0 Å². The van der Waals surface area contributed by atoms with Crippen molar-refractivity contribution in [3.63, 3.8) is 0 Å². The molecule has 0 amide bonds. The maximum Gasteiger partial charge on any atom is 0.147 e. The van der Waals surface area contributed by atoms with Crippen LogP contribution in [0.4, 0.5) is 10.1 Å². The smallest absolute Gasteiger partial charge is 0.147 e. The Bertz CT molecular complexity index is 292. The maximum absolute atomic E-state index is 13.3. The van der Waals surface area contributed by atoms with Gasteiger partial charge in [-0.3, -0.25) is 0 Å². The Balaban J connectivity index is 2.43. The topological polar surface area (TPSA) is 12.0 Å². The number of benzene rings is 1. The summed E-state index contributed by atoms with van der Waals surface area (Å²) in [5, 5.41) is 3.47. The van der Waals surface area contributed by atoms with Gasteiger partial charge in [-0.05, 0) is 30.9 Å². The average Bonchev–Trinajstić information content (AvgIpc) is 2.15. The molecule has 1 nitrogen and oxygen atoms in total. The van der Waals surface area contributed by atoms with Crippen molar-refractivity contribution in [2.45, 2.75) is 26.7 Å². The Morgan fingerprint density at radius 2 is 2.13 bits per heavy atom. The SMILES string of the molecule is CC(C)CCCNc1c(F)cccc1Cl. The van der Waals surface area contributed by atoms with E-state index in [4.69, 9.17) is 11.6 Å². The third kappa shape index (κ3) is 4.08. The van der Waals surface area contributed by atoms with E-state index in [1.807, 2.05) is 0 Å². The fourth-order valence-corrected chi connectivity index (χ4v) is 1.62. The van der Waals surface area contributed by atoms with Crippen LogP contribution in [0.25, 0.3) is 0 Å². The van der Waals surface area contributed by atoms with Crippen LogP contribution in [0.5, 0.6) is 0 Å². The summed E-state index contributed by atoms with van der Waals surface area (Å²) in [5.41, 5.74) is 0.419. The van der Waals surface area contributed by atoms with E-state index < -0.39 is 0 Å². The van der Waals surface area contributed by atoms with Crippen molar-refractivity contribution in [3.05, 3.63) is 29.0 Å². The zero-order valence-corrected chi connectivity index (χ0v) is 9.94. The van der Waals surface area contributed by atoms with E-state index in [1.165, 1.54) is 6.07 Å². The van der Waals surface area contributed by atoms with Crippen molar-refractivity contribution < 1.29 is 4.39 Å². The molecule has 0 saturated heterocycles. The summed E-state index contributed by atoms with van der Waals surface area (Å²) in [4.78, 5) is 0. The summed E-state index contributed by atoms with van der Waals surface area (Å²) in [6.07, 6.45) is 2.17. The van der Waals surface area contributed by atoms with E-state index in [-0.39, 0.29) is 5.82 Å². The van der Waals surface area contributed by atoms with Crippen molar-refractivity contribution >= 4 is 17.3 Å². The highest BCUT2D eigenvalue weighted by Crippen LogP contribution is 2.24. The molecule has 1 aromatic rings. The molecule has 0 bridgehead atoms. The number of anilines is 1. The van der Waals surface area contributed by atoms with Crippen molar-refractivity contribution in [1.29, 1.82) is 0 Å². The van der Waals surface area contributed by atoms with E-state index >= 15 is 0 Å². The quantitative estimate of drug-likeness (QED) is 0.742. The summed E-state index contributed by atoms with van der Waals surface area (Å²) < 4.78 is 13.3.